The number of anilines is 1. The van der Waals surface area contributed by atoms with Gasteiger partial charge in [-0.15, -0.1) is 0 Å². The molecule has 4 nitrogen and oxygen atoms in total. The summed E-state index contributed by atoms with van der Waals surface area (Å²) in [6.07, 6.45) is 2.14. The number of rotatable bonds is 6. The number of hydrogen-bond donors (Lipinski definition) is 2. The van der Waals surface area contributed by atoms with Crippen LogP contribution in [0.3, 0.4) is 0 Å². The molecule has 2 aromatic rings. The van der Waals surface area contributed by atoms with Crippen molar-refractivity contribution in [3.8, 4) is 5.75 Å². The van der Waals surface area contributed by atoms with Crippen LogP contribution in [0.1, 0.15) is 34.8 Å². The van der Waals surface area contributed by atoms with Crippen molar-refractivity contribution in [1.29, 1.82) is 0 Å². The quantitative estimate of drug-likeness (QED) is 0.797. The number of aryl methyl sites for hydroxylation is 1. The van der Waals surface area contributed by atoms with Crippen LogP contribution in [0, 0.1) is 0 Å². The average molecular weight is 285 g/mol. The van der Waals surface area contributed by atoms with Gasteiger partial charge in [-0.3, -0.25) is 0 Å². The second kappa shape index (κ2) is 6.79. The molecule has 3 N–H and O–H groups in total. The molecule has 0 saturated heterocycles. The van der Waals surface area contributed by atoms with Gasteiger partial charge in [0.05, 0.1) is 5.56 Å². The summed E-state index contributed by atoms with van der Waals surface area (Å²) in [6.45, 7) is 2.32. The van der Waals surface area contributed by atoms with Crippen molar-refractivity contribution < 1.29 is 14.6 Å². The molecule has 0 bridgehead atoms. The van der Waals surface area contributed by atoms with E-state index >= 15 is 0 Å². The van der Waals surface area contributed by atoms with Gasteiger partial charge in [0.25, 0.3) is 0 Å². The van der Waals surface area contributed by atoms with Crippen LogP contribution >= 0.6 is 0 Å². The first-order valence-electron chi connectivity index (χ1n) is 6.94. The molecule has 0 spiro atoms. The molecule has 0 aromatic heterocycles. The van der Waals surface area contributed by atoms with E-state index in [0.29, 0.717) is 11.3 Å². The van der Waals surface area contributed by atoms with Crippen molar-refractivity contribution >= 4 is 11.7 Å². The standard InChI is InChI=1S/C17H19NO3/c1-2-4-12-7-9-14(10-8-12)21-11-13-5-3-6-15(18)16(13)17(19)20/h3,5-10H,2,4,11,18H2,1H3,(H,19,20). The third-order valence-corrected chi connectivity index (χ3v) is 3.25. The Labute approximate surface area is 124 Å². The smallest absolute Gasteiger partial charge is 0.338 e. The minimum Gasteiger partial charge on any atom is -0.489 e. The lowest BCUT2D eigenvalue weighted by molar-refractivity contribution is 0.0695. The summed E-state index contributed by atoms with van der Waals surface area (Å²) < 4.78 is 5.65. The molecule has 4 heteroatoms. The highest BCUT2D eigenvalue weighted by atomic mass is 16.5. The van der Waals surface area contributed by atoms with E-state index in [4.69, 9.17) is 10.5 Å². The molecule has 0 fully saturated rings. The molecule has 0 aliphatic heterocycles. The van der Waals surface area contributed by atoms with E-state index < -0.39 is 5.97 Å². The Morgan fingerprint density at radius 2 is 1.90 bits per heavy atom. The summed E-state index contributed by atoms with van der Waals surface area (Å²) in [5, 5.41) is 9.20. The summed E-state index contributed by atoms with van der Waals surface area (Å²) in [6, 6.07) is 12.9. The minimum absolute atomic E-state index is 0.111. The highest BCUT2D eigenvalue weighted by Gasteiger charge is 2.13. The van der Waals surface area contributed by atoms with Crippen molar-refractivity contribution in [2.24, 2.45) is 0 Å². The molecular weight excluding hydrogens is 266 g/mol. The molecule has 0 radical (unpaired) electrons. The van der Waals surface area contributed by atoms with E-state index in [2.05, 4.69) is 6.92 Å². The average Bonchev–Trinajstić information content (AvgIpc) is 2.46. The number of carboxylic acid groups (broad SMARTS) is 1. The molecule has 0 unspecified atom stereocenters. The fraction of sp³-hybridized carbons (Fsp3) is 0.235. The van der Waals surface area contributed by atoms with Gasteiger partial charge in [0.2, 0.25) is 0 Å². The van der Waals surface area contributed by atoms with Gasteiger partial charge in [-0.05, 0) is 30.2 Å². The second-order valence-corrected chi connectivity index (χ2v) is 4.87. The third-order valence-electron chi connectivity index (χ3n) is 3.25. The highest BCUT2D eigenvalue weighted by molar-refractivity contribution is 5.95. The Hall–Kier alpha value is -2.49. The van der Waals surface area contributed by atoms with Crippen LogP contribution in [-0.2, 0) is 13.0 Å². The lowest BCUT2D eigenvalue weighted by Crippen LogP contribution is -2.09. The zero-order valence-corrected chi connectivity index (χ0v) is 12.0. The first-order valence-corrected chi connectivity index (χ1v) is 6.94. The number of benzene rings is 2. The lowest BCUT2D eigenvalue weighted by Gasteiger charge is -2.11. The first kappa shape index (κ1) is 14.9. The van der Waals surface area contributed by atoms with Crippen LogP contribution in [0.15, 0.2) is 42.5 Å². The molecule has 2 aromatic carbocycles. The van der Waals surface area contributed by atoms with Crippen molar-refractivity contribution in [3.05, 3.63) is 59.2 Å². The summed E-state index contributed by atoms with van der Waals surface area (Å²) in [5.74, 6) is -0.321. The number of aromatic carboxylic acids is 1. The topological polar surface area (TPSA) is 72.5 Å². The van der Waals surface area contributed by atoms with Crippen LogP contribution in [0.25, 0.3) is 0 Å². The fourth-order valence-electron chi connectivity index (χ4n) is 2.20. The van der Waals surface area contributed by atoms with Gasteiger partial charge in [0, 0.05) is 11.3 Å². The SMILES string of the molecule is CCCc1ccc(OCc2cccc(N)c2C(=O)O)cc1. The Balaban J connectivity index is 2.09. The predicted octanol–water partition coefficient (Wildman–Crippen LogP) is 3.50. The van der Waals surface area contributed by atoms with Gasteiger partial charge < -0.3 is 15.6 Å². The number of hydrogen-bond acceptors (Lipinski definition) is 3. The monoisotopic (exact) mass is 285 g/mol. The van der Waals surface area contributed by atoms with Gasteiger partial charge >= 0.3 is 5.97 Å². The summed E-state index contributed by atoms with van der Waals surface area (Å²) >= 11 is 0. The minimum atomic E-state index is -1.04. The van der Waals surface area contributed by atoms with Crippen molar-refractivity contribution in [1.82, 2.24) is 0 Å². The Bertz CT molecular complexity index is 620. The van der Waals surface area contributed by atoms with Crippen molar-refractivity contribution in [2.45, 2.75) is 26.4 Å². The van der Waals surface area contributed by atoms with Gasteiger partial charge in [-0.2, -0.15) is 0 Å². The molecule has 0 aliphatic rings. The largest absolute Gasteiger partial charge is 0.489 e. The fourth-order valence-corrected chi connectivity index (χ4v) is 2.20. The van der Waals surface area contributed by atoms with Crippen molar-refractivity contribution in [3.63, 3.8) is 0 Å². The van der Waals surface area contributed by atoms with Crippen LogP contribution in [0.2, 0.25) is 0 Å². The molecule has 0 heterocycles. The van der Waals surface area contributed by atoms with Crippen LogP contribution in [0.4, 0.5) is 5.69 Å². The third kappa shape index (κ3) is 3.75. The zero-order chi connectivity index (χ0) is 15.2. The zero-order valence-electron chi connectivity index (χ0n) is 12.0. The maximum Gasteiger partial charge on any atom is 0.338 e. The molecule has 21 heavy (non-hydrogen) atoms. The number of ether oxygens (including phenoxy) is 1. The molecule has 0 saturated carbocycles. The Morgan fingerprint density at radius 1 is 1.19 bits per heavy atom. The molecule has 0 aliphatic carbocycles. The summed E-state index contributed by atoms with van der Waals surface area (Å²) in [7, 11) is 0. The molecule has 0 amide bonds. The number of carbonyl (C=O) groups is 1. The van der Waals surface area contributed by atoms with Gasteiger partial charge in [0.15, 0.2) is 0 Å². The van der Waals surface area contributed by atoms with Crippen LogP contribution in [0.5, 0.6) is 5.75 Å². The normalized spacial score (nSPS) is 10.3. The summed E-state index contributed by atoms with van der Waals surface area (Å²) in [4.78, 5) is 11.2. The van der Waals surface area contributed by atoms with E-state index in [1.54, 1.807) is 18.2 Å². The van der Waals surface area contributed by atoms with E-state index in [-0.39, 0.29) is 17.9 Å². The summed E-state index contributed by atoms with van der Waals surface area (Å²) in [5.41, 5.74) is 7.90. The van der Waals surface area contributed by atoms with E-state index in [9.17, 15) is 9.90 Å². The Morgan fingerprint density at radius 3 is 2.52 bits per heavy atom. The molecular formula is C17H19NO3. The number of nitrogens with two attached hydrogens (primary N) is 1. The second-order valence-electron chi connectivity index (χ2n) is 4.87. The predicted molar refractivity (Wildman–Crippen MR) is 82.6 cm³/mol. The van der Waals surface area contributed by atoms with Gasteiger partial charge in [0.1, 0.15) is 12.4 Å². The van der Waals surface area contributed by atoms with Crippen molar-refractivity contribution in [2.75, 3.05) is 5.73 Å². The maximum absolute atomic E-state index is 11.2. The highest BCUT2D eigenvalue weighted by Crippen LogP contribution is 2.20. The van der Waals surface area contributed by atoms with E-state index in [1.165, 1.54) is 5.56 Å². The number of nitrogen functional groups attached to an aromatic ring is 1. The van der Waals surface area contributed by atoms with Gasteiger partial charge in [-0.25, -0.2) is 4.79 Å². The molecule has 2 rings (SSSR count). The van der Waals surface area contributed by atoms with Gasteiger partial charge in [-0.1, -0.05) is 37.6 Å². The van der Waals surface area contributed by atoms with Crippen LogP contribution in [-0.4, -0.2) is 11.1 Å². The first-order chi connectivity index (χ1) is 10.1. The van der Waals surface area contributed by atoms with E-state index in [1.807, 2.05) is 24.3 Å². The molecule has 110 valence electrons. The number of carboxylic acids is 1. The lowest BCUT2D eigenvalue weighted by atomic mass is 10.1. The maximum atomic E-state index is 11.2. The van der Waals surface area contributed by atoms with E-state index in [0.717, 1.165) is 12.8 Å². The Kier molecular flexibility index (Phi) is 4.82. The molecule has 0 atom stereocenters. The van der Waals surface area contributed by atoms with Crippen LogP contribution < -0.4 is 10.5 Å².